The average molecular weight is 789 g/mol. The van der Waals surface area contributed by atoms with Gasteiger partial charge in [-0.05, 0) is 155 Å². The van der Waals surface area contributed by atoms with E-state index in [0.717, 1.165) is 17.0 Å². The maximum atomic E-state index is 14.2. The van der Waals surface area contributed by atoms with Crippen molar-refractivity contribution >= 4 is 11.8 Å². The van der Waals surface area contributed by atoms with Crippen LogP contribution in [0.5, 0.6) is 0 Å². The molecule has 6 aromatic rings. The molecule has 2 amide bonds. The lowest BCUT2D eigenvalue weighted by Gasteiger charge is -2.21. The quantitative estimate of drug-likeness (QED) is 0.158. The number of carbonyl (C=O) groups excluding carboxylic acids is 2. The SMILES string of the molecule is Cc1cc(-c2cc(C(=O)NC(C)(C)C)cc(-c3ccnn3C(C)C)n2)ccc1F.Cc1ccc(-c2cc(C(=O)NC(C)(C)C)cc(-c3ccnn3C(C)C)n2)cc1F. The van der Waals surface area contributed by atoms with Crippen LogP contribution in [0.4, 0.5) is 8.78 Å². The Morgan fingerprint density at radius 2 is 0.966 bits per heavy atom. The Labute approximate surface area is 340 Å². The van der Waals surface area contributed by atoms with E-state index in [1.54, 1.807) is 68.7 Å². The molecule has 0 atom stereocenters. The molecule has 0 spiro atoms. The molecule has 0 aliphatic carbocycles. The number of nitrogens with one attached hydrogen (secondary N) is 2. The average Bonchev–Trinajstić information content (AvgIpc) is 3.84. The Bertz CT molecular complexity index is 2260. The highest BCUT2D eigenvalue weighted by molar-refractivity contribution is 5.97. The third kappa shape index (κ3) is 10.7. The number of halogens is 2. The van der Waals surface area contributed by atoms with E-state index >= 15 is 0 Å². The van der Waals surface area contributed by atoms with E-state index in [0.29, 0.717) is 50.6 Å². The van der Waals surface area contributed by atoms with Crippen LogP contribution in [0.1, 0.15) is 113 Å². The number of rotatable bonds is 8. The summed E-state index contributed by atoms with van der Waals surface area (Å²) < 4.78 is 31.6. The van der Waals surface area contributed by atoms with Crippen LogP contribution in [0.2, 0.25) is 0 Å². The van der Waals surface area contributed by atoms with E-state index in [1.807, 2.05) is 96.8 Å². The van der Waals surface area contributed by atoms with Crippen molar-refractivity contribution in [3.63, 3.8) is 0 Å². The summed E-state index contributed by atoms with van der Waals surface area (Å²) >= 11 is 0. The van der Waals surface area contributed by atoms with E-state index in [9.17, 15) is 18.4 Å². The highest BCUT2D eigenvalue weighted by atomic mass is 19.1. The van der Waals surface area contributed by atoms with Crippen LogP contribution in [0.25, 0.3) is 45.3 Å². The van der Waals surface area contributed by atoms with Gasteiger partial charge in [0.05, 0.1) is 34.2 Å². The molecule has 0 saturated heterocycles. The number of benzene rings is 2. The summed E-state index contributed by atoms with van der Waals surface area (Å²) in [5, 5.41) is 14.7. The first-order valence-electron chi connectivity index (χ1n) is 19.4. The minimum Gasteiger partial charge on any atom is -0.347 e. The summed E-state index contributed by atoms with van der Waals surface area (Å²) in [5.41, 5.74) is 6.74. The molecular weight excluding hydrogens is 735 g/mol. The first-order chi connectivity index (χ1) is 27.1. The zero-order valence-corrected chi connectivity index (χ0v) is 35.5. The Morgan fingerprint density at radius 3 is 1.36 bits per heavy atom. The number of aromatic nitrogens is 6. The van der Waals surface area contributed by atoms with Gasteiger partial charge in [0.25, 0.3) is 11.8 Å². The number of hydrogen-bond acceptors (Lipinski definition) is 6. The van der Waals surface area contributed by atoms with Gasteiger partial charge in [-0.15, -0.1) is 0 Å². The number of pyridine rings is 2. The van der Waals surface area contributed by atoms with E-state index in [1.165, 1.54) is 12.1 Å². The molecule has 6 rings (SSSR count). The summed E-state index contributed by atoms with van der Waals surface area (Å²) in [5.74, 6) is -0.960. The maximum Gasteiger partial charge on any atom is 0.251 e. The minimum absolute atomic E-state index is 0.133. The fraction of sp³-hybridized carbons (Fsp3) is 0.348. The summed E-state index contributed by atoms with van der Waals surface area (Å²) in [7, 11) is 0. The van der Waals surface area contributed by atoms with Crippen molar-refractivity contribution < 1.29 is 18.4 Å². The first-order valence-corrected chi connectivity index (χ1v) is 19.4. The number of aryl methyl sites for hydroxylation is 2. The molecule has 4 aromatic heterocycles. The van der Waals surface area contributed by atoms with Crippen LogP contribution in [0.3, 0.4) is 0 Å². The predicted octanol–water partition coefficient (Wildman–Crippen LogP) is 10.3. The van der Waals surface area contributed by atoms with Gasteiger partial charge in [-0.2, -0.15) is 10.2 Å². The van der Waals surface area contributed by atoms with Gasteiger partial charge >= 0.3 is 0 Å². The second-order valence-electron chi connectivity index (χ2n) is 17.1. The molecule has 0 bridgehead atoms. The lowest BCUT2D eigenvalue weighted by Crippen LogP contribution is -2.40. The van der Waals surface area contributed by atoms with Crippen molar-refractivity contribution in [2.45, 2.75) is 106 Å². The van der Waals surface area contributed by atoms with Gasteiger partial charge in [-0.3, -0.25) is 19.0 Å². The molecule has 0 unspecified atom stereocenters. The van der Waals surface area contributed by atoms with Crippen LogP contribution >= 0.6 is 0 Å². The molecule has 58 heavy (non-hydrogen) atoms. The zero-order valence-electron chi connectivity index (χ0n) is 35.5. The van der Waals surface area contributed by atoms with Crippen LogP contribution < -0.4 is 10.6 Å². The summed E-state index contributed by atoms with van der Waals surface area (Å²) in [6.07, 6.45) is 3.44. The van der Waals surface area contributed by atoms with Crippen LogP contribution in [-0.4, -0.2) is 52.4 Å². The molecule has 0 fully saturated rings. The third-order valence-corrected chi connectivity index (χ3v) is 8.92. The predicted molar refractivity (Wildman–Crippen MR) is 226 cm³/mol. The maximum absolute atomic E-state index is 14.2. The fourth-order valence-electron chi connectivity index (χ4n) is 6.12. The van der Waals surface area contributed by atoms with Gasteiger partial charge in [-0.25, -0.2) is 18.7 Å². The van der Waals surface area contributed by atoms with Crippen LogP contribution in [0.15, 0.2) is 85.2 Å². The van der Waals surface area contributed by atoms with Crippen molar-refractivity contribution in [3.8, 4) is 45.3 Å². The Hall–Kier alpha value is -6.04. The Balaban J connectivity index is 0.000000221. The minimum atomic E-state index is -0.379. The van der Waals surface area contributed by atoms with Gasteiger partial charge in [0.1, 0.15) is 11.6 Å². The topological polar surface area (TPSA) is 120 Å². The number of hydrogen-bond donors (Lipinski definition) is 2. The van der Waals surface area contributed by atoms with Crippen molar-refractivity contribution in [1.29, 1.82) is 0 Å². The third-order valence-electron chi connectivity index (χ3n) is 8.92. The first kappa shape index (κ1) is 43.1. The van der Waals surface area contributed by atoms with Crippen LogP contribution in [-0.2, 0) is 0 Å². The van der Waals surface area contributed by atoms with Gasteiger partial charge in [0, 0.05) is 57.8 Å². The van der Waals surface area contributed by atoms with E-state index in [-0.39, 0.29) is 46.6 Å². The molecule has 0 aliphatic heterocycles. The molecular formula is C46H54F2N8O2. The normalized spacial score (nSPS) is 11.7. The molecule has 0 radical (unpaired) electrons. The van der Waals surface area contributed by atoms with Crippen LogP contribution in [0, 0.1) is 25.5 Å². The standard InChI is InChI=1S/2C23H27FN4O/c1-14(2)28-21(9-10-25-28)20-13-17(22(29)27-23(4,5)6)12-19(26-20)16-7-8-18(24)15(3)11-16;1-14(2)28-21(9-10-25-28)20-13-17(22(29)27-23(4,5)6)12-19(26-20)16-8-7-15(3)18(24)11-16/h2*7-14H,1-6H3,(H,27,29). The highest BCUT2D eigenvalue weighted by Crippen LogP contribution is 2.29. The second kappa shape index (κ2) is 17.2. The van der Waals surface area contributed by atoms with Crippen molar-refractivity contribution in [3.05, 3.63) is 119 Å². The Morgan fingerprint density at radius 1 is 0.552 bits per heavy atom. The van der Waals surface area contributed by atoms with Gasteiger partial charge in [0.15, 0.2) is 0 Å². The van der Waals surface area contributed by atoms with E-state index in [2.05, 4.69) is 20.8 Å². The Kier molecular flexibility index (Phi) is 12.8. The number of amides is 2. The van der Waals surface area contributed by atoms with Gasteiger partial charge in [-0.1, -0.05) is 12.1 Å². The molecule has 4 heterocycles. The summed E-state index contributed by atoms with van der Waals surface area (Å²) in [6.45, 7) is 23.2. The molecule has 0 saturated carbocycles. The van der Waals surface area contributed by atoms with Gasteiger partial charge < -0.3 is 10.6 Å². The van der Waals surface area contributed by atoms with E-state index in [4.69, 9.17) is 9.97 Å². The van der Waals surface area contributed by atoms with Gasteiger partial charge in [0.2, 0.25) is 0 Å². The molecule has 2 N–H and O–H groups in total. The van der Waals surface area contributed by atoms with Crippen molar-refractivity contribution in [2.75, 3.05) is 0 Å². The van der Waals surface area contributed by atoms with Crippen molar-refractivity contribution in [1.82, 2.24) is 40.2 Å². The number of carbonyl (C=O) groups is 2. The molecule has 2 aromatic carbocycles. The zero-order chi connectivity index (χ0) is 42.7. The smallest absolute Gasteiger partial charge is 0.251 e. The molecule has 304 valence electrons. The summed E-state index contributed by atoms with van der Waals surface area (Å²) in [6, 6.07) is 20.8. The highest BCUT2D eigenvalue weighted by Gasteiger charge is 2.21. The number of nitrogens with zero attached hydrogens (tertiary/aromatic N) is 6. The molecule has 12 heteroatoms. The lowest BCUT2D eigenvalue weighted by molar-refractivity contribution is 0.0910. The monoisotopic (exact) mass is 788 g/mol. The fourth-order valence-corrected chi connectivity index (χ4v) is 6.12. The largest absolute Gasteiger partial charge is 0.347 e. The van der Waals surface area contributed by atoms with E-state index < -0.39 is 0 Å². The molecule has 0 aliphatic rings. The summed E-state index contributed by atoms with van der Waals surface area (Å²) in [4.78, 5) is 35.3. The second-order valence-corrected chi connectivity index (χ2v) is 17.1. The molecule has 10 nitrogen and oxygen atoms in total. The lowest BCUT2D eigenvalue weighted by atomic mass is 10.0. The van der Waals surface area contributed by atoms with Crippen molar-refractivity contribution in [2.24, 2.45) is 0 Å².